The van der Waals surface area contributed by atoms with E-state index >= 15 is 0 Å². The van der Waals surface area contributed by atoms with Crippen LogP contribution in [0.1, 0.15) is 45.2 Å². The maximum Gasteiger partial charge on any atom is 0.119 e. The molecule has 1 aromatic rings. The van der Waals surface area contributed by atoms with Gasteiger partial charge in [0, 0.05) is 12.5 Å². The van der Waals surface area contributed by atoms with Gasteiger partial charge < -0.3 is 10.1 Å². The first-order valence-electron chi connectivity index (χ1n) is 6.74. The second kappa shape index (κ2) is 7.93. The Morgan fingerprint density at radius 1 is 1.33 bits per heavy atom. The summed E-state index contributed by atoms with van der Waals surface area (Å²) in [4.78, 5) is 0. The van der Waals surface area contributed by atoms with E-state index in [2.05, 4.69) is 37.9 Å². The van der Waals surface area contributed by atoms with E-state index in [1.54, 1.807) is 0 Å². The number of hydrogen-bond acceptors (Lipinski definition) is 2. The van der Waals surface area contributed by atoms with Gasteiger partial charge in [0.05, 0.1) is 6.61 Å². The fraction of sp³-hybridized carbons (Fsp3) is 0.500. The molecule has 0 heterocycles. The minimum Gasteiger partial charge on any atom is -0.493 e. The number of ether oxygens (including phenoxy) is 1. The van der Waals surface area contributed by atoms with E-state index in [0.29, 0.717) is 12.6 Å². The van der Waals surface area contributed by atoms with E-state index < -0.39 is 0 Å². The lowest BCUT2D eigenvalue weighted by Gasteiger charge is -2.14. The summed E-state index contributed by atoms with van der Waals surface area (Å²) in [5.41, 5.74) is 2.46. The molecule has 0 fully saturated rings. The van der Waals surface area contributed by atoms with E-state index in [9.17, 15) is 0 Å². The van der Waals surface area contributed by atoms with E-state index in [4.69, 9.17) is 4.74 Å². The molecular formula is C16H25NO. The Labute approximate surface area is 111 Å². The van der Waals surface area contributed by atoms with Crippen molar-refractivity contribution in [3.63, 3.8) is 0 Å². The molecule has 2 heteroatoms. The average molecular weight is 247 g/mol. The van der Waals surface area contributed by atoms with Gasteiger partial charge >= 0.3 is 0 Å². The normalized spacial score (nSPS) is 12.2. The molecule has 0 amide bonds. The van der Waals surface area contributed by atoms with Crippen molar-refractivity contribution in [2.45, 2.75) is 39.7 Å². The largest absolute Gasteiger partial charge is 0.493 e. The monoisotopic (exact) mass is 247 g/mol. The highest BCUT2D eigenvalue weighted by atomic mass is 16.5. The van der Waals surface area contributed by atoms with Crippen LogP contribution < -0.4 is 10.1 Å². The zero-order valence-corrected chi connectivity index (χ0v) is 11.8. The quantitative estimate of drug-likeness (QED) is 0.699. The summed E-state index contributed by atoms with van der Waals surface area (Å²) in [6.45, 7) is 12.0. The highest BCUT2D eigenvalue weighted by Gasteiger charge is 2.03. The van der Waals surface area contributed by atoms with Gasteiger partial charge in [0.25, 0.3) is 0 Å². The Kier molecular flexibility index (Phi) is 6.51. The van der Waals surface area contributed by atoms with Gasteiger partial charge in [-0.05, 0) is 44.5 Å². The summed E-state index contributed by atoms with van der Waals surface area (Å²) < 4.78 is 5.65. The summed E-state index contributed by atoms with van der Waals surface area (Å²) in [6.07, 6.45) is 2.07. The molecule has 0 aromatic heterocycles. The third-order valence-electron chi connectivity index (χ3n) is 2.88. The van der Waals surface area contributed by atoms with Gasteiger partial charge in [-0.1, -0.05) is 24.6 Å². The Balaban J connectivity index is 2.44. The van der Waals surface area contributed by atoms with E-state index in [1.807, 2.05) is 19.1 Å². The predicted molar refractivity (Wildman–Crippen MR) is 78.1 cm³/mol. The number of nitrogens with one attached hydrogen (secondary N) is 1. The van der Waals surface area contributed by atoms with Crippen molar-refractivity contribution in [1.82, 2.24) is 5.32 Å². The van der Waals surface area contributed by atoms with Crippen LogP contribution in [0.4, 0.5) is 0 Å². The first-order valence-corrected chi connectivity index (χ1v) is 6.74. The van der Waals surface area contributed by atoms with Crippen molar-refractivity contribution < 1.29 is 4.74 Å². The molecule has 0 aliphatic rings. The first kappa shape index (κ1) is 14.8. The van der Waals surface area contributed by atoms with Crippen molar-refractivity contribution in [3.8, 4) is 5.75 Å². The highest BCUT2D eigenvalue weighted by Crippen LogP contribution is 2.18. The molecule has 0 bridgehead atoms. The zero-order valence-electron chi connectivity index (χ0n) is 11.8. The summed E-state index contributed by atoms with van der Waals surface area (Å²) in [5, 5.41) is 3.47. The van der Waals surface area contributed by atoms with Crippen molar-refractivity contribution in [2.75, 3.05) is 13.2 Å². The second-order valence-corrected chi connectivity index (χ2v) is 4.80. The highest BCUT2D eigenvalue weighted by molar-refractivity contribution is 5.28. The lowest BCUT2D eigenvalue weighted by atomic mass is 10.1. The summed E-state index contributed by atoms with van der Waals surface area (Å²) in [6, 6.07) is 8.73. The SMILES string of the molecule is C=C(C)CCOc1ccc(C(C)NCCC)cc1. The van der Waals surface area contributed by atoms with Crippen molar-refractivity contribution >= 4 is 0 Å². The zero-order chi connectivity index (χ0) is 13.4. The van der Waals surface area contributed by atoms with Crippen LogP contribution in [0.5, 0.6) is 5.75 Å². The van der Waals surface area contributed by atoms with Crippen molar-refractivity contribution in [1.29, 1.82) is 0 Å². The lowest BCUT2D eigenvalue weighted by Crippen LogP contribution is -2.19. The molecule has 0 saturated heterocycles. The molecular weight excluding hydrogens is 222 g/mol. The molecule has 100 valence electrons. The Hall–Kier alpha value is -1.28. The van der Waals surface area contributed by atoms with Gasteiger partial charge in [-0.3, -0.25) is 0 Å². The van der Waals surface area contributed by atoms with Gasteiger partial charge in [-0.15, -0.1) is 6.58 Å². The smallest absolute Gasteiger partial charge is 0.119 e. The summed E-state index contributed by atoms with van der Waals surface area (Å²) >= 11 is 0. The van der Waals surface area contributed by atoms with Crippen LogP contribution in [0.3, 0.4) is 0 Å². The van der Waals surface area contributed by atoms with Gasteiger partial charge in [0.2, 0.25) is 0 Å². The summed E-state index contributed by atoms with van der Waals surface area (Å²) in [5.74, 6) is 0.933. The van der Waals surface area contributed by atoms with Gasteiger partial charge in [0.15, 0.2) is 0 Å². The van der Waals surface area contributed by atoms with Crippen LogP contribution in [-0.4, -0.2) is 13.2 Å². The molecule has 1 rings (SSSR count). The maximum absolute atomic E-state index is 5.65. The third-order valence-corrected chi connectivity index (χ3v) is 2.88. The second-order valence-electron chi connectivity index (χ2n) is 4.80. The molecule has 1 atom stereocenters. The van der Waals surface area contributed by atoms with Gasteiger partial charge in [0.1, 0.15) is 5.75 Å². The van der Waals surface area contributed by atoms with Gasteiger partial charge in [-0.25, -0.2) is 0 Å². The Morgan fingerprint density at radius 2 is 2.00 bits per heavy atom. The molecule has 2 nitrogen and oxygen atoms in total. The molecule has 1 unspecified atom stereocenters. The third kappa shape index (κ3) is 5.37. The Bertz CT molecular complexity index is 356. The van der Waals surface area contributed by atoms with E-state index in [1.165, 1.54) is 5.56 Å². The first-order chi connectivity index (χ1) is 8.63. The van der Waals surface area contributed by atoms with Crippen LogP contribution in [0.2, 0.25) is 0 Å². The number of benzene rings is 1. The molecule has 0 spiro atoms. The average Bonchev–Trinajstić information content (AvgIpc) is 2.36. The van der Waals surface area contributed by atoms with Gasteiger partial charge in [-0.2, -0.15) is 0 Å². The van der Waals surface area contributed by atoms with Crippen LogP contribution in [-0.2, 0) is 0 Å². The fourth-order valence-corrected chi connectivity index (χ4v) is 1.67. The Morgan fingerprint density at radius 3 is 2.56 bits per heavy atom. The topological polar surface area (TPSA) is 21.3 Å². The minimum atomic E-state index is 0.398. The fourth-order valence-electron chi connectivity index (χ4n) is 1.67. The van der Waals surface area contributed by atoms with Crippen molar-refractivity contribution in [2.24, 2.45) is 0 Å². The number of hydrogen-bond donors (Lipinski definition) is 1. The van der Waals surface area contributed by atoms with Crippen LogP contribution in [0, 0.1) is 0 Å². The lowest BCUT2D eigenvalue weighted by molar-refractivity contribution is 0.321. The molecule has 0 saturated carbocycles. The van der Waals surface area contributed by atoms with Crippen LogP contribution in [0.15, 0.2) is 36.4 Å². The molecule has 0 radical (unpaired) electrons. The molecule has 18 heavy (non-hydrogen) atoms. The molecule has 0 aliphatic carbocycles. The molecule has 0 aliphatic heterocycles. The standard InChI is InChI=1S/C16H25NO/c1-5-11-17-14(4)15-6-8-16(9-7-15)18-12-10-13(2)3/h6-9,14,17H,2,5,10-12H2,1,3-4H3. The maximum atomic E-state index is 5.65. The molecule has 1 N–H and O–H groups in total. The van der Waals surface area contributed by atoms with Crippen LogP contribution in [0.25, 0.3) is 0 Å². The van der Waals surface area contributed by atoms with Crippen LogP contribution >= 0.6 is 0 Å². The predicted octanol–water partition coefficient (Wildman–Crippen LogP) is 4.09. The molecule has 1 aromatic carbocycles. The number of rotatable bonds is 8. The van der Waals surface area contributed by atoms with E-state index in [0.717, 1.165) is 30.7 Å². The summed E-state index contributed by atoms with van der Waals surface area (Å²) in [7, 11) is 0. The van der Waals surface area contributed by atoms with E-state index in [-0.39, 0.29) is 0 Å². The van der Waals surface area contributed by atoms with Crippen molar-refractivity contribution in [3.05, 3.63) is 42.0 Å². The minimum absolute atomic E-state index is 0.398.